The van der Waals surface area contributed by atoms with Crippen LogP contribution >= 0.6 is 0 Å². The van der Waals surface area contributed by atoms with Gasteiger partial charge < -0.3 is 0 Å². The molecule has 11 aromatic rings. The highest BCUT2D eigenvalue weighted by Crippen LogP contribution is 2.37. The predicted molar refractivity (Wildman–Crippen MR) is 226 cm³/mol. The molecule has 7 nitrogen and oxygen atoms in total. The summed E-state index contributed by atoms with van der Waals surface area (Å²) < 4.78 is 4.37. The number of para-hydroxylation sites is 4. The topological polar surface area (TPSA) is 74.3 Å². The Kier molecular flexibility index (Phi) is 7.35. The highest BCUT2D eigenvalue weighted by molar-refractivity contribution is 6.10. The van der Waals surface area contributed by atoms with Gasteiger partial charge in [0.15, 0.2) is 17.5 Å². The molecule has 7 aromatic carbocycles. The fourth-order valence-corrected chi connectivity index (χ4v) is 7.91. The van der Waals surface area contributed by atoms with Crippen LogP contribution in [0.5, 0.6) is 0 Å². The first-order chi connectivity index (χ1) is 27.8. The summed E-state index contributed by atoms with van der Waals surface area (Å²) in [4.78, 5) is 26.2. The number of aromatic nitrogens is 7. The Labute approximate surface area is 321 Å². The van der Waals surface area contributed by atoms with E-state index in [1.807, 2.05) is 66.7 Å². The van der Waals surface area contributed by atoms with Crippen molar-refractivity contribution in [2.45, 2.75) is 0 Å². The lowest BCUT2D eigenvalue weighted by molar-refractivity contribution is 0.953. The maximum absolute atomic E-state index is 5.37. The van der Waals surface area contributed by atoms with Crippen LogP contribution in [0.25, 0.3) is 101 Å². The first kappa shape index (κ1) is 31.7. The Hall–Kier alpha value is -7.77. The van der Waals surface area contributed by atoms with E-state index in [4.69, 9.17) is 24.9 Å². The maximum atomic E-state index is 5.37. The van der Waals surface area contributed by atoms with Crippen molar-refractivity contribution in [3.63, 3.8) is 0 Å². The molecule has 0 aliphatic rings. The van der Waals surface area contributed by atoms with Crippen LogP contribution in [0, 0.1) is 0 Å². The number of hydrogen-bond acceptors (Lipinski definition) is 5. The highest BCUT2D eigenvalue weighted by Gasteiger charge is 2.22. The van der Waals surface area contributed by atoms with Crippen molar-refractivity contribution < 1.29 is 0 Å². The quantitative estimate of drug-likeness (QED) is 0.171. The van der Waals surface area contributed by atoms with E-state index in [0.717, 1.165) is 66.6 Å². The minimum absolute atomic E-state index is 0.526. The molecule has 0 N–H and O–H groups in total. The molecule has 0 saturated carbocycles. The number of nitrogens with zero attached hydrogens (tertiary/aromatic N) is 7. The van der Waals surface area contributed by atoms with Gasteiger partial charge >= 0.3 is 0 Å². The molecule has 0 unspecified atom stereocenters. The first-order valence-corrected chi connectivity index (χ1v) is 18.6. The van der Waals surface area contributed by atoms with E-state index < -0.39 is 0 Å². The fourth-order valence-electron chi connectivity index (χ4n) is 7.91. The van der Waals surface area contributed by atoms with Crippen molar-refractivity contribution in [3.05, 3.63) is 188 Å². The predicted octanol–water partition coefficient (Wildman–Crippen LogP) is 11.5. The van der Waals surface area contributed by atoms with Crippen LogP contribution in [-0.2, 0) is 0 Å². The van der Waals surface area contributed by atoms with Crippen LogP contribution in [0.3, 0.4) is 0 Å². The van der Waals surface area contributed by atoms with E-state index >= 15 is 0 Å². The van der Waals surface area contributed by atoms with Gasteiger partial charge in [0.2, 0.25) is 5.95 Å². The monoisotopic (exact) mass is 717 g/mol. The molecule has 11 rings (SSSR count). The van der Waals surface area contributed by atoms with E-state index in [-0.39, 0.29) is 0 Å². The summed E-state index contributed by atoms with van der Waals surface area (Å²) in [6, 6.07) is 64.3. The molecule has 0 bridgehead atoms. The Balaban J connectivity index is 1.18. The molecule has 0 aliphatic heterocycles. The van der Waals surface area contributed by atoms with E-state index in [2.05, 4.69) is 130 Å². The number of hydrogen-bond donors (Lipinski definition) is 0. The lowest BCUT2D eigenvalue weighted by atomic mass is 10.1. The molecule has 0 radical (unpaired) electrons. The molecule has 7 heteroatoms. The van der Waals surface area contributed by atoms with Crippen LogP contribution < -0.4 is 0 Å². The summed E-state index contributed by atoms with van der Waals surface area (Å²) in [7, 11) is 0. The minimum Gasteiger partial charge on any atom is -0.294 e. The smallest absolute Gasteiger partial charge is 0.238 e. The summed E-state index contributed by atoms with van der Waals surface area (Å²) in [5.74, 6) is 2.98. The maximum Gasteiger partial charge on any atom is 0.238 e. The van der Waals surface area contributed by atoms with Gasteiger partial charge in [0.25, 0.3) is 0 Å². The lowest BCUT2D eigenvalue weighted by Crippen LogP contribution is -2.07. The minimum atomic E-state index is 0.526. The van der Waals surface area contributed by atoms with Crippen molar-refractivity contribution in [1.82, 2.24) is 34.1 Å². The average molecular weight is 718 g/mol. The largest absolute Gasteiger partial charge is 0.294 e. The summed E-state index contributed by atoms with van der Waals surface area (Å²) in [5, 5.41) is 4.60. The average Bonchev–Trinajstić information content (AvgIpc) is 3.80. The second-order valence-electron chi connectivity index (χ2n) is 13.7. The standard InChI is InChI=1S/C49H31N7/c1-3-17-32(18-4-1)40-31-45(55-41-27-13-9-21-34(41)35-22-10-14-28-42(35)55)51-47(50-40)38-25-7-8-26-39(38)48-52-46(33-19-5-2-6-20-33)53-49(54-48)56-43-29-15-11-23-36(43)37-24-12-16-30-44(37)56/h1-31H. The molecular formula is C49H31N7. The Morgan fingerprint density at radius 3 is 1.25 bits per heavy atom. The van der Waals surface area contributed by atoms with Crippen LogP contribution in [0.1, 0.15) is 0 Å². The van der Waals surface area contributed by atoms with E-state index in [9.17, 15) is 0 Å². The SMILES string of the molecule is c1ccc(-c2cc(-n3c4ccccc4c4ccccc43)nc(-c3ccccc3-c3nc(-c4ccccc4)nc(-n4c5ccccc5c5ccccc54)n3)n2)cc1. The van der Waals surface area contributed by atoms with Gasteiger partial charge in [0.05, 0.1) is 27.8 Å². The zero-order chi connectivity index (χ0) is 37.0. The van der Waals surface area contributed by atoms with Gasteiger partial charge in [-0.3, -0.25) is 9.13 Å². The molecule has 0 aliphatic carbocycles. The number of rotatable bonds is 6. The molecule has 0 spiro atoms. The molecular weight excluding hydrogens is 687 g/mol. The van der Waals surface area contributed by atoms with Crippen LogP contribution in [0.2, 0.25) is 0 Å². The van der Waals surface area contributed by atoms with Crippen molar-refractivity contribution >= 4 is 43.6 Å². The normalized spacial score (nSPS) is 11.6. The molecule has 56 heavy (non-hydrogen) atoms. The van der Waals surface area contributed by atoms with Crippen molar-refractivity contribution in [2.24, 2.45) is 0 Å². The molecule has 0 amide bonds. The Bertz CT molecular complexity index is 2930. The van der Waals surface area contributed by atoms with Gasteiger partial charge in [0.1, 0.15) is 5.82 Å². The summed E-state index contributed by atoms with van der Waals surface area (Å²) in [6.45, 7) is 0. The van der Waals surface area contributed by atoms with Crippen molar-refractivity contribution in [2.75, 3.05) is 0 Å². The lowest BCUT2D eigenvalue weighted by Gasteiger charge is -2.15. The van der Waals surface area contributed by atoms with Gasteiger partial charge in [-0.05, 0) is 24.3 Å². The van der Waals surface area contributed by atoms with Gasteiger partial charge in [-0.15, -0.1) is 0 Å². The highest BCUT2D eigenvalue weighted by atomic mass is 15.2. The Morgan fingerprint density at radius 2 is 0.714 bits per heavy atom. The second-order valence-corrected chi connectivity index (χ2v) is 13.7. The molecule has 262 valence electrons. The summed E-state index contributed by atoms with van der Waals surface area (Å²) >= 11 is 0. The van der Waals surface area contributed by atoms with Gasteiger partial charge in [-0.25, -0.2) is 15.0 Å². The molecule has 0 fully saturated rings. The van der Waals surface area contributed by atoms with Gasteiger partial charge in [-0.2, -0.15) is 9.97 Å². The molecule has 0 saturated heterocycles. The van der Waals surface area contributed by atoms with Crippen molar-refractivity contribution in [1.29, 1.82) is 0 Å². The third kappa shape index (κ3) is 5.17. The molecule has 0 atom stereocenters. The van der Waals surface area contributed by atoms with Crippen LogP contribution in [0.4, 0.5) is 0 Å². The van der Waals surface area contributed by atoms with E-state index in [1.165, 1.54) is 10.8 Å². The van der Waals surface area contributed by atoms with Crippen LogP contribution in [-0.4, -0.2) is 34.1 Å². The fraction of sp³-hybridized carbons (Fsp3) is 0. The third-order valence-electron chi connectivity index (χ3n) is 10.4. The van der Waals surface area contributed by atoms with Crippen LogP contribution in [0.15, 0.2) is 188 Å². The van der Waals surface area contributed by atoms with Gasteiger partial charge in [-0.1, -0.05) is 158 Å². The summed E-state index contributed by atoms with van der Waals surface area (Å²) in [5.41, 5.74) is 8.51. The molecule has 4 heterocycles. The third-order valence-corrected chi connectivity index (χ3v) is 10.4. The summed E-state index contributed by atoms with van der Waals surface area (Å²) in [6.07, 6.45) is 0. The second kappa shape index (κ2) is 13.0. The first-order valence-electron chi connectivity index (χ1n) is 18.6. The number of fused-ring (bicyclic) bond motifs is 6. The van der Waals surface area contributed by atoms with E-state index in [1.54, 1.807) is 0 Å². The zero-order valence-electron chi connectivity index (χ0n) is 30.0. The van der Waals surface area contributed by atoms with Gasteiger partial charge in [0, 0.05) is 49.9 Å². The Morgan fingerprint density at radius 1 is 0.304 bits per heavy atom. The van der Waals surface area contributed by atoms with E-state index in [0.29, 0.717) is 23.4 Å². The van der Waals surface area contributed by atoms with Crippen molar-refractivity contribution in [3.8, 4) is 57.2 Å². The number of benzene rings is 7. The molecule has 4 aromatic heterocycles. The zero-order valence-corrected chi connectivity index (χ0v) is 30.0.